The molecule has 0 spiro atoms. The molecule has 2 heterocycles. The van der Waals surface area contributed by atoms with Gasteiger partial charge < -0.3 is 0 Å². The van der Waals surface area contributed by atoms with Crippen LogP contribution in [0.4, 0.5) is 0 Å². The predicted octanol–water partition coefficient (Wildman–Crippen LogP) is 1.07. The summed E-state index contributed by atoms with van der Waals surface area (Å²) in [6, 6.07) is 3.74. The zero-order valence-corrected chi connectivity index (χ0v) is 7.16. The van der Waals surface area contributed by atoms with Gasteiger partial charge in [0.2, 0.25) is 0 Å². The van der Waals surface area contributed by atoms with Crippen molar-refractivity contribution < 1.29 is 0 Å². The van der Waals surface area contributed by atoms with Crippen LogP contribution in [0.3, 0.4) is 0 Å². The average Bonchev–Trinajstić information content (AvgIpc) is 2.49. The molecule has 4 heteroatoms. The predicted molar refractivity (Wildman–Crippen MR) is 49.4 cm³/mol. The second kappa shape index (κ2) is 2.90. The molecule has 0 aliphatic rings. The summed E-state index contributed by atoms with van der Waals surface area (Å²) < 4.78 is 0. The molecule has 0 fully saturated rings. The summed E-state index contributed by atoms with van der Waals surface area (Å²) in [5, 5.41) is 5.34. The van der Waals surface area contributed by atoms with Gasteiger partial charge in [0.15, 0.2) is 0 Å². The van der Waals surface area contributed by atoms with Crippen molar-refractivity contribution in [3.8, 4) is 11.3 Å². The SMILES string of the molecule is Cc1c(-c2cccnc2)[nH][nH]c1=O. The van der Waals surface area contributed by atoms with E-state index in [1.807, 2.05) is 12.1 Å². The maximum atomic E-state index is 11.1. The standard InChI is InChI=1S/C9H9N3O/c1-6-8(11-12-9(6)13)7-3-2-4-10-5-7/h2-5H,1H3,(H2,11,12,13). The van der Waals surface area contributed by atoms with E-state index < -0.39 is 0 Å². The van der Waals surface area contributed by atoms with Gasteiger partial charge in [-0.1, -0.05) is 0 Å². The van der Waals surface area contributed by atoms with Crippen molar-refractivity contribution in [1.29, 1.82) is 0 Å². The first-order valence-electron chi connectivity index (χ1n) is 3.96. The quantitative estimate of drug-likeness (QED) is 0.681. The lowest BCUT2D eigenvalue weighted by Gasteiger charge is -1.95. The zero-order valence-electron chi connectivity index (χ0n) is 7.16. The van der Waals surface area contributed by atoms with Crippen LogP contribution in [0.25, 0.3) is 11.3 Å². The van der Waals surface area contributed by atoms with E-state index in [-0.39, 0.29) is 5.56 Å². The lowest BCUT2D eigenvalue weighted by Crippen LogP contribution is -2.00. The fourth-order valence-electron chi connectivity index (χ4n) is 1.22. The van der Waals surface area contributed by atoms with Gasteiger partial charge in [0, 0.05) is 23.5 Å². The Hall–Kier alpha value is -1.84. The maximum absolute atomic E-state index is 11.1. The van der Waals surface area contributed by atoms with E-state index in [1.165, 1.54) is 0 Å². The van der Waals surface area contributed by atoms with Crippen LogP contribution in [0.1, 0.15) is 5.56 Å². The number of nitrogens with one attached hydrogen (secondary N) is 2. The lowest BCUT2D eigenvalue weighted by molar-refractivity contribution is 1.06. The highest BCUT2D eigenvalue weighted by Crippen LogP contribution is 2.15. The van der Waals surface area contributed by atoms with Crippen LogP contribution in [0, 0.1) is 6.92 Å². The van der Waals surface area contributed by atoms with Crippen LogP contribution in [0.15, 0.2) is 29.3 Å². The maximum Gasteiger partial charge on any atom is 0.267 e. The first-order chi connectivity index (χ1) is 6.29. The summed E-state index contributed by atoms with van der Waals surface area (Å²) >= 11 is 0. The Bertz CT molecular complexity index is 455. The number of hydrogen-bond acceptors (Lipinski definition) is 2. The molecule has 0 bridgehead atoms. The third kappa shape index (κ3) is 1.26. The summed E-state index contributed by atoms with van der Waals surface area (Å²) in [5.41, 5.74) is 2.32. The van der Waals surface area contributed by atoms with Gasteiger partial charge in [0.1, 0.15) is 0 Å². The molecule has 2 aromatic rings. The van der Waals surface area contributed by atoms with Gasteiger partial charge in [-0.2, -0.15) is 0 Å². The molecule has 0 aromatic carbocycles. The van der Waals surface area contributed by atoms with Crippen LogP contribution in [0.2, 0.25) is 0 Å². The van der Waals surface area contributed by atoms with Gasteiger partial charge in [-0.25, -0.2) is 0 Å². The molecule has 0 radical (unpaired) electrons. The normalized spacial score (nSPS) is 10.2. The molecular weight excluding hydrogens is 166 g/mol. The fraction of sp³-hybridized carbons (Fsp3) is 0.111. The van der Waals surface area contributed by atoms with Crippen LogP contribution in [-0.2, 0) is 0 Å². The van der Waals surface area contributed by atoms with Gasteiger partial charge in [-0.05, 0) is 19.1 Å². The minimum absolute atomic E-state index is 0.0844. The lowest BCUT2D eigenvalue weighted by atomic mass is 10.1. The van der Waals surface area contributed by atoms with E-state index in [0.29, 0.717) is 5.56 Å². The highest BCUT2D eigenvalue weighted by molar-refractivity contribution is 5.60. The highest BCUT2D eigenvalue weighted by Gasteiger charge is 2.05. The number of aromatic amines is 2. The topological polar surface area (TPSA) is 61.5 Å². The van der Waals surface area contributed by atoms with Crippen molar-refractivity contribution in [3.63, 3.8) is 0 Å². The molecule has 13 heavy (non-hydrogen) atoms. The third-order valence-electron chi connectivity index (χ3n) is 1.97. The molecule has 2 rings (SSSR count). The monoisotopic (exact) mass is 175 g/mol. The van der Waals surface area contributed by atoms with Gasteiger partial charge in [0.25, 0.3) is 5.56 Å². The van der Waals surface area contributed by atoms with Crippen molar-refractivity contribution >= 4 is 0 Å². The number of pyridine rings is 1. The van der Waals surface area contributed by atoms with Crippen molar-refractivity contribution in [2.45, 2.75) is 6.92 Å². The minimum Gasteiger partial charge on any atom is -0.297 e. The number of H-pyrrole nitrogens is 2. The summed E-state index contributed by atoms with van der Waals surface area (Å²) in [5.74, 6) is 0. The molecule has 0 saturated carbocycles. The molecule has 0 unspecified atom stereocenters. The molecule has 2 N–H and O–H groups in total. The van der Waals surface area contributed by atoms with Crippen molar-refractivity contribution in [1.82, 2.24) is 15.2 Å². The van der Waals surface area contributed by atoms with Gasteiger partial charge in [-0.3, -0.25) is 20.0 Å². The number of nitrogens with zero attached hydrogens (tertiary/aromatic N) is 1. The molecule has 0 atom stereocenters. The van der Waals surface area contributed by atoms with Crippen LogP contribution < -0.4 is 5.56 Å². The fourth-order valence-corrected chi connectivity index (χ4v) is 1.22. The largest absolute Gasteiger partial charge is 0.297 e. The van der Waals surface area contributed by atoms with Crippen LogP contribution in [-0.4, -0.2) is 15.2 Å². The minimum atomic E-state index is -0.0844. The molecule has 4 nitrogen and oxygen atoms in total. The Kier molecular flexibility index (Phi) is 1.73. The van der Waals surface area contributed by atoms with Crippen molar-refractivity contribution in [2.24, 2.45) is 0 Å². The third-order valence-corrected chi connectivity index (χ3v) is 1.97. The van der Waals surface area contributed by atoms with Gasteiger partial charge in [0.05, 0.1) is 5.69 Å². The molecule has 0 saturated heterocycles. The summed E-state index contributed by atoms with van der Waals surface area (Å²) in [4.78, 5) is 15.1. The Labute approximate surface area is 74.6 Å². The molecule has 2 aromatic heterocycles. The number of rotatable bonds is 1. The van der Waals surface area contributed by atoms with Crippen molar-refractivity contribution in [3.05, 3.63) is 40.4 Å². The van der Waals surface area contributed by atoms with Gasteiger partial charge >= 0.3 is 0 Å². The van der Waals surface area contributed by atoms with E-state index >= 15 is 0 Å². The molecule has 66 valence electrons. The molecule has 0 amide bonds. The zero-order chi connectivity index (χ0) is 9.26. The van der Waals surface area contributed by atoms with E-state index in [0.717, 1.165) is 11.3 Å². The highest BCUT2D eigenvalue weighted by atomic mass is 16.1. The Balaban J connectivity index is 2.60. The summed E-state index contributed by atoms with van der Waals surface area (Å²) in [6.45, 7) is 1.78. The van der Waals surface area contributed by atoms with E-state index in [2.05, 4.69) is 15.2 Å². The second-order valence-corrected chi connectivity index (χ2v) is 2.82. The average molecular weight is 175 g/mol. The Morgan fingerprint density at radius 2 is 2.23 bits per heavy atom. The number of aromatic nitrogens is 3. The Morgan fingerprint density at radius 1 is 1.38 bits per heavy atom. The first kappa shape index (κ1) is 7.79. The molecule has 0 aliphatic heterocycles. The summed E-state index contributed by atoms with van der Waals surface area (Å²) in [6.07, 6.45) is 3.41. The summed E-state index contributed by atoms with van der Waals surface area (Å²) in [7, 11) is 0. The van der Waals surface area contributed by atoms with E-state index in [9.17, 15) is 4.79 Å². The number of hydrogen-bond donors (Lipinski definition) is 2. The van der Waals surface area contributed by atoms with Crippen molar-refractivity contribution in [2.75, 3.05) is 0 Å². The smallest absolute Gasteiger partial charge is 0.267 e. The van der Waals surface area contributed by atoms with Crippen LogP contribution >= 0.6 is 0 Å². The molecular formula is C9H9N3O. The van der Waals surface area contributed by atoms with Gasteiger partial charge in [-0.15, -0.1) is 0 Å². The first-order valence-corrected chi connectivity index (χ1v) is 3.96. The van der Waals surface area contributed by atoms with E-state index in [4.69, 9.17) is 0 Å². The molecule has 0 aliphatic carbocycles. The van der Waals surface area contributed by atoms with E-state index in [1.54, 1.807) is 19.3 Å². The van der Waals surface area contributed by atoms with Crippen LogP contribution in [0.5, 0.6) is 0 Å². The second-order valence-electron chi connectivity index (χ2n) is 2.82. The Morgan fingerprint density at radius 3 is 2.77 bits per heavy atom.